The van der Waals surface area contributed by atoms with Crippen molar-refractivity contribution in [3.05, 3.63) is 59.9 Å². The van der Waals surface area contributed by atoms with Crippen LogP contribution in [0.2, 0.25) is 0 Å². The summed E-state index contributed by atoms with van der Waals surface area (Å²) >= 11 is 0. The van der Waals surface area contributed by atoms with Gasteiger partial charge in [-0.2, -0.15) is 8.78 Å². The van der Waals surface area contributed by atoms with Gasteiger partial charge < -0.3 is 9.47 Å². The van der Waals surface area contributed by atoms with Crippen molar-refractivity contribution in [3.63, 3.8) is 0 Å². The Labute approximate surface area is 150 Å². The van der Waals surface area contributed by atoms with E-state index in [0.717, 1.165) is 16.9 Å². The number of alkyl halides is 2. The topological polar surface area (TPSA) is 18.5 Å². The number of fused-ring (bicyclic) bond motifs is 1. The lowest BCUT2D eigenvalue weighted by atomic mass is 9.98. The van der Waals surface area contributed by atoms with Gasteiger partial charge in [-0.1, -0.05) is 31.2 Å². The van der Waals surface area contributed by atoms with Crippen molar-refractivity contribution in [1.29, 1.82) is 0 Å². The zero-order valence-corrected chi connectivity index (χ0v) is 14.6. The second kappa shape index (κ2) is 7.68. The van der Waals surface area contributed by atoms with Crippen LogP contribution in [0.3, 0.4) is 0 Å². The molecule has 0 amide bonds. The Morgan fingerprint density at radius 1 is 0.923 bits per heavy atom. The van der Waals surface area contributed by atoms with Crippen molar-refractivity contribution in [1.82, 2.24) is 0 Å². The number of hydrogen-bond donors (Lipinski definition) is 0. The monoisotopic (exact) mass is 360 g/mol. The van der Waals surface area contributed by atoms with E-state index >= 15 is 0 Å². The fraction of sp³-hybridized carbons (Fsp3) is 0.238. The van der Waals surface area contributed by atoms with E-state index in [1.54, 1.807) is 19.1 Å². The third-order valence-corrected chi connectivity index (χ3v) is 4.21. The standard InChI is InChI=1S/C21H19F3O2/c1-3-17-19(26-21(23)24)12-15-11-14(7-10-18(15)20(17)22)13-5-8-16(9-6-13)25-4-2/h5-12,21H,3-4H2,1-2H3. The molecule has 0 aliphatic heterocycles. The molecule has 0 saturated heterocycles. The second-order valence-corrected chi connectivity index (χ2v) is 5.79. The molecule has 136 valence electrons. The summed E-state index contributed by atoms with van der Waals surface area (Å²) in [4.78, 5) is 0. The molecule has 0 N–H and O–H groups in total. The van der Waals surface area contributed by atoms with Gasteiger partial charge in [0.25, 0.3) is 0 Å². The molecule has 0 radical (unpaired) electrons. The van der Waals surface area contributed by atoms with Gasteiger partial charge in [-0.25, -0.2) is 4.39 Å². The Bertz CT molecular complexity index is 905. The van der Waals surface area contributed by atoms with E-state index in [-0.39, 0.29) is 17.7 Å². The van der Waals surface area contributed by atoms with Gasteiger partial charge in [-0.3, -0.25) is 0 Å². The normalized spacial score (nSPS) is 11.2. The lowest BCUT2D eigenvalue weighted by molar-refractivity contribution is -0.0504. The Kier molecular flexibility index (Phi) is 5.35. The molecule has 0 fully saturated rings. The van der Waals surface area contributed by atoms with E-state index in [4.69, 9.17) is 4.74 Å². The largest absolute Gasteiger partial charge is 0.494 e. The van der Waals surface area contributed by atoms with Crippen LogP contribution < -0.4 is 9.47 Å². The molecular formula is C21H19F3O2. The molecule has 3 aromatic rings. The van der Waals surface area contributed by atoms with Gasteiger partial charge in [0.1, 0.15) is 17.3 Å². The maximum Gasteiger partial charge on any atom is 0.387 e. The van der Waals surface area contributed by atoms with Crippen LogP contribution in [0, 0.1) is 5.82 Å². The molecule has 5 heteroatoms. The first-order valence-corrected chi connectivity index (χ1v) is 8.46. The third kappa shape index (κ3) is 3.62. The molecule has 0 heterocycles. The summed E-state index contributed by atoms with van der Waals surface area (Å²) in [6, 6.07) is 14.2. The van der Waals surface area contributed by atoms with Crippen LogP contribution in [0.25, 0.3) is 21.9 Å². The van der Waals surface area contributed by atoms with Crippen molar-refractivity contribution < 1.29 is 22.6 Å². The van der Waals surface area contributed by atoms with Crippen LogP contribution in [0.1, 0.15) is 19.4 Å². The van der Waals surface area contributed by atoms with Crippen LogP contribution in [-0.2, 0) is 6.42 Å². The predicted molar refractivity (Wildman–Crippen MR) is 96.5 cm³/mol. The summed E-state index contributed by atoms with van der Waals surface area (Å²) in [5.41, 5.74) is 1.94. The molecule has 0 aliphatic rings. The number of halogens is 3. The molecule has 3 rings (SSSR count). The highest BCUT2D eigenvalue weighted by atomic mass is 19.3. The Morgan fingerprint density at radius 2 is 1.62 bits per heavy atom. The van der Waals surface area contributed by atoms with Gasteiger partial charge >= 0.3 is 6.61 Å². The van der Waals surface area contributed by atoms with Gasteiger partial charge in [0.2, 0.25) is 0 Å². The Morgan fingerprint density at radius 3 is 2.23 bits per heavy atom. The van der Waals surface area contributed by atoms with Crippen LogP contribution in [0.15, 0.2) is 48.5 Å². The first-order chi connectivity index (χ1) is 12.5. The number of hydrogen-bond acceptors (Lipinski definition) is 2. The summed E-state index contributed by atoms with van der Waals surface area (Å²) in [5.74, 6) is 0.138. The maximum atomic E-state index is 14.7. The molecule has 0 aliphatic carbocycles. The number of ether oxygens (including phenoxy) is 2. The molecule has 26 heavy (non-hydrogen) atoms. The maximum absolute atomic E-state index is 14.7. The van der Waals surface area contributed by atoms with E-state index in [2.05, 4.69) is 4.74 Å². The summed E-state index contributed by atoms with van der Waals surface area (Å²) < 4.78 is 50.0. The van der Waals surface area contributed by atoms with Crippen LogP contribution >= 0.6 is 0 Å². The highest BCUT2D eigenvalue weighted by molar-refractivity contribution is 5.90. The van der Waals surface area contributed by atoms with Gasteiger partial charge in [0.15, 0.2) is 0 Å². The first kappa shape index (κ1) is 18.1. The van der Waals surface area contributed by atoms with E-state index < -0.39 is 12.4 Å². The molecule has 3 aromatic carbocycles. The quantitative estimate of drug-likeness (QED) is 0.520. The highest BCUT2D eigenvalue weighted by Gasteiger charge is 2.16. The van der Waals surface area contributed by atoms with Crippen molar-refractivity contribution in [2.45, 2.75) is 26.9 Å². The minimum absolute atomic E-state index is 0.114. The van der Waals surface area contributed by atoms with Gasteiger partial charge in [0.05, 0.1) is 6.61 Å². The number of rotatable bonds is 6. The Hall–Kier alpha value is -2.69. The van der Waals surface area contributed by atoms with Crippen LogP contribution in [0.4, 0.5) is 13.2 Å². The summed E-state index contributed by atoms with van der Waals surface area (Å²) in [6.07, 6.45) is 0.268. The average molecular weight is 360 g/mol. The smallest absolute Gasteiger partial charge is 0.387 e. The average Bonchev–Trinajstić information content (AvgIpc) is 2.62. The molecular weight excluding hydrogens is 341 g/mol. The first-order valence-electron chi connectivity index (χ1n) is 8.46. The highest BCUT2D eigenvalue weighted by Crippen LogP contribution is 2.34. The molecule has 0 saturated carbocycles. The molecule has 2 nitrogen and oxygen atoms in total. The SMILES string of the molecule is CCOc1ccc(-c2ccc3c(F)c(CC)c(OC(F)F)cc3c2)cc1. The lowest BCUT2D eigenvalue weighted by Crippen LogP contribution is -2.06. The van der Waals surface area contributed by atoms with Gasteiger partial charge in [-0.05, 0) is 54.1 Å². The van der Waals surface area contributed by atoms with E-state index in [1.165, 1.54) is 6.07 Å². The van der Waals surface area contributed by atoms with E-state index in [1.807, 2.05) is 37.3 Å². The fourth-order valence-electron chi connectivity index (χ4n) is 3.00. The molecule has 0 aromatic heterocycles. The van der Waals surface area contributed by atoms with Crippen molar-refractivity contribution >= 4 is 10.8 Å². The Balaban J connectivity index is 2.07. The summed E-state index contributed by atoms with van der Waals surface area (Å²) in [6.45, 7) is 1.21. The van der Waals surface area contributed by atoms with Crippen molar-refractivity contribution in [2.75, 3.05) is 6.61 Å². The molecule has 0 bridgehead atoms. The van der Waals surface area contributed by atoms with Gasteiger partial charge in [0, 0.05) is 10.9 Å². The van der Waals surface area contributed by atoms with Gasteiger partial charge in [-0.15, -0.1) is 0 Å². The van der Waals surface area contributed by atoms with E-state index in [0.29, 0.717) is 17.4 Å². The number of benzene rings is 3. The zero-order valence-electron chi connectivity index (χ0n) is 14.6. The fourth-order valence-corrected chi connectivity index (χ4v) is 3.00. The third-order valence-electron chi connectivity index (χ3n) is 4.21. The van der Waals surface area contributed by atoms with Crippen LogP contribution in [0.5, 0.6) is 11.5 Å². The predicted octanol–water partition coefficient (Wildman–Crippen LogP) is 6.21. The van der Waals surface area contributed by atoms with Crippen LogP contribution in [-0.4, -0.2) is 13.2 Å². The van der Waals surface area contributed by atoms with Crippen molar-refractivity contribution in [2.24, 2.45) is 0 Å². The zero-order chi connectivity index (χ0) is 18.7. The molecule has 0 unspecified atom stereocenters. The minimum Gasteiger partial charge on any atom is -0.494 e. The van der Waals surface area contributed by atoms with Crippen molar-refractivity contribution in [3.8, 4) is 22.6 Å². The second-order valence-electron chi connectivity index (χ2n) is 5.79. The minimum atomic E-state index is -2.99. The van der Waals surface area contributed by atoms with E-state index in [9.17, 15) is 13.2 Å². The summed E-state index contributed by atoms with van der Waals surface area (Å²) in [7, 11) is 0. The molecule has 0 atom stereocenters. The summed E-state index contributed by atoms with van der Waals surface area (Å²) in [5, 5.41) is 0.903. The lowest BCUT2D eigenvalue weighted by Gasteiger charge is -2.14. The molecule has 0 spiro atoms.